The highest BCUT2D eigenvalue weighted by Crippen LogP contribution is 2.35. The minimum Gasteiger partial charge on any atom is -0.493 e. The average Bonchev–Trinajstić information content (AvgIpc) is 2.67. The van der Waals surface area contributed by atoms with Gasteiger partial charge in [0.1, 0.15) is 23.9 Å². The Morgan fingerprint density at radius 2 is 1.73 bits per heavy atom. The summed E-state index contributed by atoms with van der Waals surface area (Å²) in [5.74, 6) is 1.81. The number of hydrogen-bond donors (Lipinski definition) is 2. The summed E-state index contributed by atoms with van der Waals surface area (Å²) in [6.45, 7) is 3.55. The van der Waals surface area contributed by atoms with Gasteiger partial charge in [-0.2, -0.15) is 0 Å². The molecular weight excluding hydrogens is 347 g/mol. The zero-order valence-corrected chi connectivity index (χ0v) is 17.2. The average molecular weight is 375 g/mol. The van der Waals surface area contributed by atoms with Crippen molar-refractivity contribution in [3.63, 3.8) is 0 Å². The number of piperidine rings is 1. The Balaban J connectivity index is 1.66. The fraction of sp³-hybridized carbons (Fsp3) is 0.400. The van der Waals surface area contributed by atoms with Crippen molar-refractivity contribution in [3.8, 4) is 11.5 Å². The van der Waals surface area contributed by atoms with Gasteiger partial charge in [0.05, 0.1) is 6.61 Å². The maximum absolute atomic E-state index is 13.3. The summed E-state index contributed by atoms with van der Waals surface area (Å²) < 4.78 is 24.9. The highest BCUT2D eigenvalue weighted by Gasteiger charge is 2.38. The van der Waals surface area contributed by atoms with Crippen LogP contribution in [0.4, 0.5) is 4.39 Å². The Morgan fingerprint density at radius 3 is 2.38 bits per heavy atom. The van der Waals surface area contributed by atoms with E-state index >= 15 is 0 Å². The lowest BCUT2D eigenvalue weighted by Crippen LogP contribution is -2.50. The molecule has 0 aromatic heterocycles. The lowest BCUT2D eigenvalue weighted by molar-refractivity contribution is 0.176. The fourth-order valence-electron chi connectivity index (χ4n) is 3.51. The molecule has 2 atom stereocenters. The van der Waals surface area contributed by atoms with Crippen LogP contribution in [0.15, 0.2) is 48.5 Å². The number of ether oxygens (including phenoxy) is 2. The van der Waals surface area contributed by atoms with Crippen molar-refractivity contribution in [2.45, 2.75) is 11.5 Å². The zero-order valence-electron chi connectivity index (χ0n) is 15.2. The third-order valence-electron chi connectivity index (χ3n) is 5.28. The molecule has 26 heavy (non-hydrogen) atoms. The molecule has 1 unspecified atom stereocenters. The summed E-state index contributed by atoms with van der Waals surface area (Å²) >= 11 is 0. The molecule has 140 valence electrons. The molecule has 2 aromatic rings. The quantitative estimate of drug-likeness (QED) is 0.720. The van der Waals surface area contributed by atoms with Gasteiger partial charge in [-0.3, -0.25) is 0 Å². The molecule has 1 saturated heterocycles. The van der Waals surface area contributed by atoms with Crippen molar-refractivity contribution in [3.05, 3.63) is 59.9 Å². The summed E-state index contributed by atoms with van der Waals surface area (Å²) in [7, 11) is 1.00. The summed E-state index contributed by atoms with van der Waals surface area (Å²) in [6.07, 6.45) is 1.06. The van der Waals surface area contributed by atoms with E-state index in [1.807, 2.05) is 36.4 Å². The lowest BCUT2D eigenvalue weighted by Gasteiger charge is -2.42. The molecule has 0 bridgehead atoms. The predicted molar refractivity (Wildman–Crippen MR) is 105 cm³/mol. The molecule has 3 rings (SSSR count). The molecule has 1 heterocycles. The van der Waals surface area contributed by atoms with Crippen LogP contribution in [0.2, 0.25) is 0 Å². The number of nitrogens with two attached hydrogens (primary N) is 1. The topological polar surface area (TPSA) is 56.5 Å². The van der Waals surface area contributed by atoms with Gasteiger partial charge in [0.2, 0.25) is 0 Å². The molecule has 2 aromatic carbocycles. The van der Waals surface area contributed by atoms with E-state index in [1.54, 1.807) is 12.1 Å². The van der Waals surface area contributed by atoms with Crippen molar-refractivity contribution in [2.75, 3.05) is 32.8 Å². The molecule has 4 nitrogen and oxygen atoms in total. The lowest BCUT2D eigenvalue weighted by atomic mass is 9.80. The van der Waals surface area contributed by atoms with Crippen LogP contribution in [0.25, 0.3) is 0 Å². The molecule has 0 saturated carbocycles. The number of benzene rings is 2. The van der Waals surface area contributed by atoms with Gasteiger partial charge < -0.3 is 20.5 Å². The van der Waals surface area contributed by atoms with Crippen LogP contribution in [-0.4, -0.2) is 43.1 Å². The first-order chi connectivity index (χ1) is 12.6. The van der Waals surface area contributed by atoms with Crippen LogP contribution < -0.4 is 20.5 Å². The number of halogens is 1. The van der Waals surface area contributed by atoms with Gasteiger partial charge in [0.25, 0.3) is 0 Å². The zero-order chi connectivity index (χ0) is 18.4. The summed E-state index contributed by atoms with van der Waals surface area (Å²) in [5.41, 5.74) is 6.67. The molecule has 1 aliphatic rings. The van der Waals surface area contributed by atoms with Gasteiger partial charge in [0, 0.05) is 29.2 Å². The largest absolute Gasteiger partial charge is 0.493 e. The predicted octanol–water partition coefficient (Wildman–Crippen LogP) is 1.41. The third kappa shape index (κ3) is 4.44. The normalized spacial score (nSPS) is 22.9. The summed E-state index contributed by atoms with van der Waals surface area (Å²) in [4.78, 5) is 0. The van der Waals surface area contributed by atoms with Gasteiger partial charge in [-0.15, -0.1) is 0 Å². The van der Waals surface area contributed by atoms with Gasteiger partial charge in [-0.1, -0.05) is 12.1 Å². The minimum absolute atomic E-state index is 0.100. The van der Waals surface area contributed by atoms with Gasteiger partial charge in [-0.25, -0.2) is 4.39 Å². The molecule has 0 amide bonds. The molecule has 3 N–H and O–H groups in total. The molecule has 0 spiro atoms. The molecular formula is C20H27FN2O2Si. The van der Waals surface area contributed by atoms with Crippen LogP contribution in [-0.2, 0) is 5.04 Å². The standard InChI is InChI=1S/C20H27FN2O2Si/c21-17-3-1-15(2-4-17)20(26)9-11-23-13-16(20)14-25-19-7-5-18(6-8-19)24-12-10-22/h1-8,16,23H,9-14,22H2,26H3/t16?,20-/m0/s1. The second-order valence-electron chi connectivity index (χ2n) is 6.99. The second kappa shape index (κ2) is 8.66. The van der Waals surface area contributed by atoms with E-state index in [-0.39, 0.29) is 10.9 Å². The van der Waals surface area contributed by atoms with Gasteiger partial charge >= 0.3 is 0 Å². The van der Waals surface area contributed by atoms with Crippen LogP contribution >= 0.6 is 0 Å². The van der Waals surface area contributed by atoms with Crippen molar-refractivity contribution in [1.29, 1.82) is 0 Å². The van der Waals surface area contributed by atoms with Crippen LogP contribution in [0.1, 0.15) is 12.0 Å². The smallest absolute Gasteiger partial charge is 0.123 e. The Hall–Kier alpha value is -1.89. The molecule has 6 heteroatoms. The molecule has 1 aliphatic heterocycles. The van der Waals surface area contributed by atoms with Crippen LogP contribution in [0, 0.1) is 11.7 Å². The first kappa shape index (κ1) is 18.9. The van der Waals surface area contributed by atoms with E-state index in [1.165, 1.54) is 5.56 Å². The first-order valence-corrected chi connectivity index (χ1v) is 10.1. The van der Waals surface area contributed by atoms with Gasteiger partial charge in [0.15, 0.2) is 0 Å². The van der Waals surface area contributed by atoms with E-state index < -0.39 is 0 Å². The van der Waals surface area contributed by atoms with E-state index in [4.69, 9.17) is 15.2 Å². The van der Waals surface area contributed by atoms with E-state index in [9.17, 15) is 4.39 Å². The Labute approximate surface area is 157 Å². The molecule has 0 radical (unpaired) electrons. The Morgan fingerprint density at radius 1 is 1.08 bits per heavy atom. The maximum atomic E-state index is 13.3. The van der Waals surface area contributed by atoms with Crippen LogP contribution in [0.3, 0.4) is 0 Å². The van der Waals surface area contributed by atoms with E-state index in [0.717, 1.165) is 41.3 Å². The van der Waals surface area contributed by atoms with Crippen molar-refractivity contribution in [2.24, 2.45) is 11.7 Å². The third-order valence-corrected chi connectivity index (χ3v) is 7.17. The number of hydrogen-bond acceptors (Lipinski definition) is 4. The minimum atomic E-state index is -0.183. The monoisotopic (exact) mass is 374 g/mol. The second-order valence-corrected chi connectivity index (χ2v) is 8.78. The number of nitrogens with one attached hydrogen (secondary N) is 1. The van der Waals surface area contributed by atoms with E-state index in [2.05, 4.69) is 5.32 Å². The highest BCUT2D eigenvalue weighted by molar-refractivity contribution is 6.16. The Kier molecular flexibility index (Phi) is 6.29. The molecule has 1 fully saturated rings. The summed E-state index contributed by atoms with van der Waals surface area (Å²) in [6, 6.07) is 14.7. The molecule has 0 aliphatic carbocycles. The SMILES string of the molecule is NCCOc1ccc(OCC2CNCC[C@]2([SiH3])c2ccc(F)cc2)cc1. The number of rotatable bonds is 7. The fourth-order valence-corrected chi connectivity index (χ4v) is 4.47. The van der Waals surface area contributed by atoms with Gasteiger partial charge in [-0.05, 0) is 60.0 Å². The Bertz CT molecular complexity index is 696. The first-order valence-electron chi connectivity index (χ1n) is 9.14. The van der Waals surface area contributed by atoms with Crippen molar-refractivity contribution in [1.82, 2.24) is 5.32 Å². The maximum Gasteiger partial charge on any atom is 0.123 e. The van der Waals surface area contributed by atoms with Crippen LogP contribution in [0.5, 0.6) is 11.5 Å². The summed E-state index contributed by atoms with van der Waals surface area (Å²) in [5, 5.41) is 3.58. The highest BCUT2D eigenvalue weighted by atomic mass is 28.1. The van der Waals surface area contributed by atoms with E-state index in [0.29, 0.717) is 25.7 Å². The van der Waals surface area contributed by atoms with Crippen molar-refractivity contribution >= 4 is 10.2 Å². The van der Waals surface area contributed by atoms with Crippen molar-refractivity contribution < 1.29 is 13.9 Å².